The molecule has 0 spiro atoms. The number of aryl methyl sites for hydroxylation is 1. The zero-order valence-corrected chi connectivity index (χ0v) is 11.8. The maximum atomic E-state index is 9.38. The number of hydrogen-bond donors (Lipinski definition) is 1. The van der Waals surface area contributed by atoms with E-state index >= 15 is 0 Å². The summed E-state index contributed by atoms with van der Waals surface area (Å²) >= 11 is 0. The highest BCUT2D eigenvalue weighted by atomic mass is 16.3. The third-order valence-corrected chi connectivity index (χ3v) is 3.46. The Morgan fingerprint density at radius 3 is 2.41 bits per heavy atom. The van der Waals surface area contributed by atoms with Crippen LogP contribution in [0.1, 0.15) is 17.0 Å². The van der Waals surface area contributed by atoms with Crippen molar-refractivity contribution in [2.45, 2.75) is 12.8 Å². The lowest BCUT2D eigenvalue weighted by molar-refractivity contribution is 0.475. The van der Waals surface area contributed by atoms with Crippen LogP contribution in [0.2, 0.25) is 0 Å². The molecule has 3 aromatic rings. The van der Waals surface area contributed by atoms with Crippen LogP contribution in [0.3, 0.4) is 0 Å². The number of nitrogens with zero attached hydrogens (tertiary/aromatic N) is 4. The van der Waals surface area contributed by atoms with Crippen LogP contribution in [0.5, 0.6) is 5.75 Å². The Kier molecular flexibility index (Phi) is 3.84. The van der Waals surface area contributed by atoms with Gasteiger partial charge in [-0.05, 0) is 42.7 Å². The minimum atomic E-state index is 0.190. The molecule has 0 amide bonds. The standard InChI is InChI=1S/C17H14N4O/c18-12-16-17(11-6-13-4-2-1-3-5-13)21(20-19-16)14-7-9-15(22)10-8-14/h1-5,7-10,22H,6,11H2. The number of phenols is 1. The molecule has 5 nitrogen and oxygen atoms in total. The summed E-state index contributed by atoms with van der Waals surface area (Å²) < 4.78 is 1.65. The highest BCUT2D eigenvalue weighted by Gasteiger charge is 2.14. The monoisotopic (exact) mass is 290 g/mol. The van der Waals surface area contributed by atoms with Gasteiger partial charge in [0.25, 0.3) is 0 Å². The average molecular weight is 290 g/mol. The molecule has 1 aromatic heterocycles. The molecule has 2 aromatic carbocycles. The fraction of sp³-hybridized carbons (Fsp3) is 0.118. The van der Waals surface area contributed by atoms with Gasteiger partial charge in [-0.3, -0.25) is 0 Å². The molecule has 0 aliphatic rings. The van der Waals surface area contributed by atoms with Crippen LogP contribution >= 0.6 is 0 Å². The lowest BCUT2D eigenvalue weighted by Gasteiger charge is -2.07. The van der Waals surface area contributed by atoms with Crippen LogP contribution in [0.25, 0.3) is 5.69 Å². The fourth-order valence-corrected chi connectivity index (χ4v) is 2.32. The van der Waals surface area contributed by atoms with Gasteiger partial charge in [0.2, 0.25) is 0 Å². The zero-order chi connectivity index (χ0) is 15.4. The molecule has 0 saturated heterocycles. The van der Waals surface area contributed by atoms with Gasteiger partial charge < -0.3 is 5.11 Å². The highest BCUT2D eigenvalue weighted by Crippen LogP contribution is 2.17. The predicted octanol–water partition coefficient (Wildman–Crippen LogP) is 2.63. The van der Waals surface area contributed by atoms with Crippen molar-refractivity contribution in [2.24, 2.45) is 0 Å². The van der Waals surface area contributed by atoms with Crippen molar-refractivity contribution in [1.29, 1.82) is 5.26 Å². The van der Waals surface area contributed by atoms with Crippen molar-refractivity contribution in [3.05, 3.63) is 71.5 Å². The molecule has 1 heterocycles. The number of hydrogen-bond acceptors (Lipinski definition) is 4. The average Bonchev–Trinajstić information content (AvgIpc) is 2.97. The first kappa shape index (κ1) is 13.8. The van der Waals surface area contributed by atoms with Crippen LogP contribution in [0.4, 0.5) is 0 Å². The molecule has 1 N–H and O–H groups in total. The normalized spacial score (nSPS) is 10.3. The summed E-state index contributed by atoms with van der Waals surface area (Å²) in [6.45, 7) is 0. The van der Waals surface area contributed by atoms with Crippen molar-refractivity contribution in [3.63, 3.8) is 0 Å². The third-order valence-electron chi connectivity index (χ3n) is 3.46. The van der Waals surface area contributed by atoms with Gasteiger partial charge in [0.15, 0.2) is 5.69 Å². The Morgan fingerprint density at radius 2 is 1.73 bits per heavy atom. The van der Waals surface area contributed by atoms with Crippen molar-refractivity contribution in [3.8, 4) is 17.5 Å². The summed E-state index contributed by atoms with van der Waals surface area (Å²) in [6.07, 6.45) is 1.47. The first-order valence-corrected chi connectivity index (χ1v) is 6.96. The van der Waals surface area contributed by atoms with E-state index in [2.05, 4.69) is 28.5 Å². The largest absolute Gasteiger partial charge is 0.508 e. The van der Waals surface area contributed by atoms with Crippen LogP contribution < -0.4 is 0 Å². The molecule has 0 radical (unpaired) electrons. The summed E-state index contributed by atoms with van der Waals surface area (Å²) in [5, 5.41) is 26.6. The van der Waals surface area contributed by atoms with Gasteiger partial charge in [-0.2, -0.15) is 5.26 Å². The molecule has 0 unspecified atom stereocenters. The van der Waals surface area contributed by atoms with Gasteiger partial charge in [-0.25, -0.2) is 4.68 Å². The summed E-state index contributed by atoms with van der Waals surface area (Å²) in [7, 11) is 0. The van der Waals surface area contributed by atoms with Crippen molar-refractivity contribution in [2.75, 3.05) is 0 Å². The lowest BCUT2D eigenvalue weighted by Crippen LogP contribution is -2.04. The van der Waals surface area contributed by atoms with Crippen LogP contribution in [0.15, 0.2) is 54.6 Å². The van der Waals surface area contributed by atoms with E-state index in [0.29, 0.717) is 12.1 Å². The maximum absolute atomic E-state index is 9.38. The molecule has 5 heteroatoms. The van der Waals surface area contributed by atoms with E-state index in [0.717, 1.165) is 17.8 Å². The van der Waals surface area contributed by atoms with E-state index in [-0.39, 0.29) is 5.75 Å². The van der Waals surface area contributed by atoms with Crippen LogP contribution in [0, 0.1) is 11.3 Å². The van der Waals surface area contributed by atoms with Gasteiger partial charge in [0.1, 0.15) is 11.8 Å². The number of benzene rings is 2. The van der Waals surface area contributed by atoms with E-state index in [1.54, 1.807) is 28.9 Å². The van der Waals surface area contributed by atoms with Gasteiger partial charge in [0.05, 0.1) is 11.4 Å². The fourth-order valence-electron chi connectivity index (χ4n) is 2.32. The number of phenolic OH excluding ortho intramolecular Hbond substituents is 1. The van der Waals surface area contributed by atoms with E-state index in [1.807, 2.05) is 18.2 Å². The first-order chi connectivity index (χ1) is 10.8. The highest BCUT2D eigenvalue weighted by molar-refractivity contribution is 5.39. The maximum Gasteiger partial charge on any atom is 0.186 e. The summed E-state index contributed by atoms with van der Waals surface area (Å²) in [6, 6.07) is 18.8. The smallest absolute Gasteiger partial charge is 0.186 e. The Balaban J connectivity index is 1.91. The van der Waals surface area contributed by atoms with Gasteiger partial charge in [-0.1, -0.05) is 35.5 Å². The minimum Gasteiger partial charge on any atom is -0.508 e. The molecule has 0 saturated carbocycles. The molecule has 108 valence electrons. The molecule has 0 bridgehead atoms. The Labute approximate surface area is 128 Å². The summed E-state index contributed by atoms with van der Waals surface area (Å²) in [4.78, 5) is 0. The minimum absolute atomic E-state index is 0.190. The number of aromatic nitrogens is 3. The van der Waals surface area contributed by atoms with E-state index in [4.69, 9.17) is 0 Å². The number of nitriles is 1. The molecular formula is C17H14N4O. The SMILES string of the molecule is N#Cc1nnn(-c2ccc(O)cc2)c1CCc1ccccc1. The molecule has 0 aliphatic heterocycles. The predicted molar refractivity (Wildman–Crippen MR) is 81.6 cm³/mol. The zero-order valence-electron chi connectivity index (χ0n) is 11.8. The van der Waals surface area contributed by atoms with Crippen LogP contribution in [-0.4, -0.2) is 20.1 Å². The molecule has 22 heavy (non-hydrogen) atoms. The van der Waals surface area contributed by atoms with Crippen molar-refractivity contribution >= 4 is 0 Å². The van der Waals surface area contributed by atoms with E-state index in [9.17, 15) is 10.4 Å². The van der Waals surface area contributed by atoms with Crippen LogP contribution in [-0.2, 0) is 12.8 Å². The molecule has 3 rings (SSSR count). The van der Waals surface area contributed by atoms with Crippen molar-refractivity contribution < 1.29 is 5.11 Å². The Morgan fingerprint density at radius 1 is 1.00 bits per heavy atom. The third kappa shape index (κ3) is 2.81. The Hall–Kier alpha value is -3.13. The Bertz CT molecular complexity index is 801. The molecule has 0 fully saturated rings. The van der Waals surface area contributed by atoms with Gasteiger partial charge in [0, 0.05) is 0 Å². The summed E-state index contributed by atoms with van der Waals surface area (Å²) in [5.74, 6) is 0.190. The lowest BCUT2D eigenvalue weighted by atomic mass is 10.1. The van der Waals surface area contributed by atoms with Gasteiger partial charge >= 0.3 is 0 Å². The second-order valence-electron chi connectivity index (χ2n) is 4.91. The topological polar surface area (TPSA) is 74.7 Å². The van der Waals surface area contributed by atoms with Crippen molar-refractivity contribution in [1.82, 2.24) is 15.0 Å². The molecule has 0 atom stereocenters. The van der Waals surface area contributed by atoms with E-state index < -0.39 is 0 Å². The first-order valence-electron chi connectivity index (χ1n) is 6.96. The molecule has 0 aliphatic carbocycles. The molecular weight excluding hydrogens is 276 g/mol. The number of rotatable bonds is 4. The second-order valence-corrected chi connectivity index (χ2v) is 4.91. The second kappa shape index (κ2) is 6.10. The number of aromatic hydroxyl groups is 1. The quantitative estimate of drug-likeness (QED) is 0.801. The summed E-state index contributed by atoms with van der Waals surface area (Å²) in [5.41, 5.74) is 3.08. The van der Waals surface area contributed by atoms with E-state index in [1.165, 1.54) is 5.56 Å². The van der Waals surface area contributed by atoms with Gasteiger partial charge in [-0.15, -0.1) is 5.10 Å².